The Morgan fingerprint density at radius 2 is 1.67 bits per heavy atom. The number of nitrogens with zero attached hydrogens (tertiary/aromatic N) is 2. The molecule has 0 amide bonds. The molecule has 1 unspecified atom stereocenters. The number of aliphatic imine (C=N–C) groups is 1. The average molecular weight is 399 g/mol. The van der Waals surface area contributed by atoms with Crippen LogP contribution in [0.5, 0.6) is 5.75 Å². The summed E-state index contributed by atoms with van der Waals surface area (Å²) < 4.78 is 5.33. The Morgan fingerprint density at radius 1 is 0.967 bits per heavy atom. The van der Waals surface area contributed by atoms with Crippen LogP contribution in [0.3, 0.4) is 0 Å². The van der Waals surface area contributed by atoms with Crippen LogP contribution >= 0.6 is 0 Å². The largest absolute Gasteiger partial charge is 0.497 e. The van der Waals surface area contributed by atoms with Crippen LogP contribution in [-0.2, 0) is 0 Å². The smallest absolute Gasteiger partial charge is 0.119 e. The highest BCUT2D eigenvalue weighted by molar-refractivity contribution is 5.81. The van der Waals surface area contributed by atoms with Crippen molar-refractivity contribution in [3.8, 4) is 5.75 Å². The van der Waals surface area contributed by atoms with E-state index in [1.165, 1.54) is 5.56 Å². The maximum atomic E-state index is 5.33. The van der Waals surface area contributed by atoms with Crippen molar-refractivity contribution in [3.63, 3.8) is 0 Å². The van der Waals surface area contributed by atoms with Crippen LogP contribution in [0, 0.1) is 0 Å². The highest BCUT2D eigenvalue weighted by atomic mass is 16.5. The first kappa shape index (κ1) is 21.4. The molecule has 0 radical (unpaired) electrons. The molecule has 1 atom stereocenters. The molecule has 3 aromatic rings. The summed E-state index contributed by atoms with van der Waals surface area (Å²) in [6.45, 7) is 6.91. The van der Waals surface area contributed by atoms with E-state index in [1.54, 1.807) is 7.11 Å². The molecule has 0 bridgehead atoms. The Labute approximate surface area is 180 Å². The van der Waals surface area contributed by atoms with Gasteiger partial charge in [-0.05, 0) is 53.9 Å². The van der Waals surface area contributed by atoms with E-state index in [2.05, 4.69) is 60.9 Å². The second-order valence-electron chi connectivity index (χ2n) is 7.29. The van der Waals surface area contributed by atoms with Crippen LogP contribution in [-0.4, -0.2) is 20.0 Å². The molecule has 0 saturated heterocycles. The van der Waals surface area contributed by atoms with Gasteiger partial charge in [0.05, 0.1) is 19.1 Å². The molecule has 0 saturated carbocycles. The average Bonchev–Trinajstić information content (AvgIpc) is 2.82. The summed E-state index contributed by atoms with van der Waals surface area (Å²) in [6, 6.07) is 27.0. The van der Waals surface area contributed by atoms with Crippen molar-refractivity contribution < 1.29 is 4.74 Å². The normalized spacial score (nSPS) is 11.9. The van der Waals surface area contributed by atoms with Crippen molar-refractivity contribution >= 4 is 23.8 Å². The Balaban J connectivity index is 1.88. The van der Waals surface area contributed by atoms with Crippen molar-refractivity contribution in [3.05, 3.63) is 96.6 Å². The molecule has 0 aliphatic rings. The molecule has 3 rings (SSSR count). The molecule has 3 aromatic carbocycles. The number of hydrogen-bond donors (Lipinski definition) is 0. The summed E-state index contributed by atoms with van der Waals surface area (Å²) >= 11 is 0. The van der Waals surface area contributed by atoms with Crippen molar-refractivity contribution in [2.45, 2.75) is 25.7 Å². The van der Waals surface area contributed by atoms with Gasteiger partial charge in [-0.15, -0.1) is 0 Å². The lowest BCUT2D eigenvalue weighted by Gasteiger charge is -2.26. The summed E-state index contributed by atoms with van der Waals surface area (Å²) in [6.07, 6.45) is 6.04. The molecule has 154 valence electrons. The molecule has 0 N–H and O–H groups in total. The topological polar surface area (TPSA) is 24.8 Å². The predicted octanol–water partition coefficient (Wildman–Crippen LogP) is 7.09. The van der Waals surface area contributed by atoms with E-state index in [9.17, 15) is 0 Å². The van der Waals surface area contributed by atoms with Crippen molar-refractivity contribution in [2.75, 3.05) is 18.6 Å². The lowest BCUT2D eigenvalue weighted by Crippen LogP contribution is -2.27. The number of methoxy groups -OCH3 is 1. The zero-order valence-electron chi connectivity index (χ0n) is 17.9. The summed E-state index contributed by atoms with van der Waals surface area (Å²) in [5.74, 6) is 1.27. The summed E-state index contributed by atoms with van der Waals surface area (Å²) in [5.41, 5.74) is 4.47. The first-order valence-electron chi connectivity index (χ1n) is 10.5. The lowest BCUT2D eigenvalue weighted by molar-refractivity contribution is 0.415. The monoisotopic (exact) mass is 398 g/mol. The van der Waals surface area contributed by atoms with E-state index >= 15 is 0 Å². The molecule has 3 heteroatoms. The Kier molecular flexibility index (Phi) is 7.85. The van der Waals surface area contributed by atoms with Crippen molar-refractivity contribution in [1.29, 1.82) is 0 Å². The van der Waals surface area contributed by atoms with E-state index < -0.39 is 0 Å². The fraction of sp³-hybridized carbons (Fsp3) is 0.222. The van der Waals surface area contributed by atoms with E-state index in [-0.39, 0.29) is 0 Å². The fourth-order valence-electron chi connectivity index (χ4n) is 3.50. The van der Waals surface area contributed by atoms with Crippen molar-refractivity contribution in [2.24, 2.45) is 4.99 Å². The maximum absolute atomic E-state index is 5.33. The fourth-order valence-corrected chi connectivity index (χ4v) is 3.50. The van der Waals surface area contributed by atoms with E-state index in [0.29, 0.717) is 5.92 Å². The van der Waals surface area contributed by atoms with E-state index in [0.717, 1.165) is 42.1 Å². The molecule has 30 heavy (non-hydrogen) atoms. The number of rotatable bonds is 10. The number of hydrogen-bond acceptors (Lipinski definition) is 2. The van der Waals surface area contributed by atoms with Crippen LogP contribution in [0.2, 0.25) is 0 Å². The molecule has 0 fully saturated rings. The van der Waals surface area contributed by atoms with Crippen LogP contribution in [0.15, 0.2) is 90.4 Å². The first-order chi connectivity index (χ1) is 14.7. The highest BCUT2D eigenvalue weighted by Crippen LogP contribution is 2.26. The highest BCUT2D eigenvalue weighted by Gasteiger charge is 2.15. The Hall–Kier alpha value is -3.33. The second kappa shape index (κ2) is 11.0. The predicted molar refractivity (Wildman–Crippen MR) is 129 cm³/mol. The van der Waals surface area contributed by atoms with Gasteiger partial charge in [-0.2, -0.15) is 0 Å². The van der Waals surface area contributed by atoms with Gasteiger partial charge in [0.15, 0.2) is 0 Å². The first-order valence-corrected chi connectivity index (χ1v) is 10.5. The van der Waals surface area contributed by atoms with Gasteiger partial charge in [0.25, 0.3) is 0 Å². The van der Waals surface area contributed by atoms with Gasteiger partial charge in [0.2, 0.25) is 0 Å². The van der Waals surface area contributed by atoms with Crippen LogP contribution in [0.4, 0.5) is 11.4 Å². The number of ether oxygens (including phenoxy) is 1. The van der Waals surface area contributed by atoms with Crippen LogP contribution in [0.25, 0.3) is 6.08 Å². The van der Waals surface area contributed by atoms with Crippen LogP contribution < -0.4 is 9.64 Å². The van der Waals surface area contributed by atoms with Gasteiger partial charge in [-0.1, -0.05) is 68.5 Å². The summed E-state index contributed by atoms with van der Waals surface area (Å²) in [5, 5.41) is 0. The van der Waals surface area contributed by atoms with Gasteiger partial charge in [-0.25, -0.2) is 4.99 Å². The molecule has 3 nitrogen and oxygen atoms in total. The third-order valence-corrected chi connectivity index (χ3v) is 5.20. The quantitative estimate of drug-likeness (QED) is 0.269. The van der Waals surface area contributed by atoms with Gasteiger partial charge >= 0.3 is 0 Å². The molecular formula is C27H30N2O. The number of benzene rings is 3. The zero-order chi connectivity index (χ0) is 21.2. The van der Waals surface area contributed by atoms with Gasteiger partial charge < -0.3 is 9.64 Å². The van der Waals surface area contributed by atoms with Crippen molar-refractivity contribution in [1.82, 2.24) is 0 Å². The zero-order valence-corrected chi connectivity index (χ0v) is 17.9. The Morgan fingerprint density at radius 3 is 2.27 bits per heavy atom. The standard InChI is InChI=1S/C27H30N2O/c1-4-9-24(23-10-7-6-8-11-23)20-29(26-16-18-27(30-3)19-17-26)21-28-25-14-12-22(5-2)13-15-25/h5-8,10-19,21,24H,2,4,9,20H2,1,3H3/b28-21+. The van der Waals surface area contributed by atoms with Gasteiger partial charge in [0.1, 0.15) is 5.75 Å². The van der Waals surface area contributed by atoms with Crippen LogP contribution in [0.1, 0.15) is 36.8 Å². The van der Waals surface area contributed by atoms with E-state index in [4.69, 9.17) is 9.73 Å². The third kappa shape index (κ3) is 5.84. The van der Waals surface area contributed by atoms with E-state index in [1.807, 2.05) is 48.8 Å². The maximum Gasteiger partial charge on any atom is 0.119 e. The molecule has 0 aliphatic heterocycles. The summed E-state index contributed by atoms with van der Waals surface area (Å²) in [7, 11) is 1.69. The lowest BCUT2D eigenvalue weighted by atomic mass is 9.94. The molecule has 0 aromatic heterocycles. The molecular weight excluding hydrogens is 368 g/mol. The van der Waals surface area contributed by atoms with Gasteiger partial charge in [0, 0.05) is 18.2 Å². The minimum Gasteiger partial charge on any atom is -0.497 e. The molecule has 0 heterocycles. The SMILES string of the molecule is C=Cc1ccc(/N=C/N(CC(CCC)c2ccccc2)c2ccc(OC)cc2)cc1. The minimum absolute atomic E-state index is 0.424. The minimum atomic E-state index is 0.424. The Bertz CT molecular complexity index is 931. The second-order valence-corrected chi connectivity index (χ2v) is 7.29. The number of anilines is 1. The molecule has 0 aliphatic carbocycles. The molecule has 0 spiro atoms. The third-order valence-electron chi connectivity index (χ3n) is 5.20. The van der Waals surface area contributed by atoms with Gasteiger partial charge in [-0.3, -0.25) is 0 Å². The summed E-state index contributed by atoms with van der Waals surface area (Å²) in [4.78, 5) is 6.97.